The number of anilines is 1. The van der Waals surface area contributed by atoms with Crippen LogP contribution in [-0.4, -0.2) is 24.2 Å². The summed E-state index contributed by atoms with van der Waals surface area (Å²) in [6.45, 7) is 5.00. The van der Waals surface area contributed by atoms with Crippen molar-refractivity contribution in [3.63, 3.8) is 0 Å². The quantitative estimate of drug-likeness (QED) is 0.564. The average molecular weight is 453 g/mol. The number of nitriles is 1. The number of esters is 1. The zero-order valence-corrected chi connectivity index (χ0v) is 18.2. The van der Waals surface area contributed by atoms with Crippen molar-refractivity contribution in [3.05, 3.63) is 63.6 Å². The monoisotopic (exact) mass is 452 g/mol. The van der Waals surface area contributed by atoms with Gasteiger partial charge in [0, 0.05) is 23.6 Å². The average Bonchev–Trinajstić information content (AvgIpc) is 3.03. The number of hydrogen-bond acceptors (Lipinski definition) is 4. The molecule has 2 atom stereocenters. The molecule has 158 valence electrons. The Morgan fingerprint density at radius 3 is 2.57 bits per heavy atom. The molecule has 0 saturated carbocycles. The number of carbonyl (C=O) groups excluding carboxylic acids is 1. The van der Waals surface area contributed by atoms with Crippen LogP contribution in [0.1, 0.15) is 32.8 Å². The van der Waals surface area contributed by atoms with Crippen molar-refractivity contribution in [2.24, 2.45) is 0 Å². The summed E-state index contributed by atoms with van der Waals surface area (Å²) in [5.74, 6) is -2.02. The number of carbonyl (C=O) groups is 1. The highest BCUT2D eigenvalue weighted by Crippen LogP contribution is 2.43. The Morgan fingerprint density at radius 2 is 1.97 bits per heavy atom. The highest BCUT2D eigenvalue weighted by atomic mass is 35.5. The minimum atomic E-state index is -1.41. The van der Waals surface area contributed by atoms with Gasteiger partial charge in [-0.1, -0.05) is 35.3 Å². The topological polar surface area (TPSA) is 53.3 Å². The van der Waals surface area contributed by atoms with Crippen molar-refractivity contribution in [2.75, 3.05) is 11.4 Å². The minimum absolute atomic E-state index is 0.0462. The Morgan fingerprint density at radius 1 is 1.27 bits per heavy atom. The Kier molecular flexibility index (Phi) is 5.99. The van der Waals surface area contributed by atoms with Gasteiger partial charge in [-0.2, -0.15) is 5.26 Å². The smallest absolute Gasteiger partial charge is 0.329 e. The molecule has 0 aliphatic carbocycles. The molecular weight excluding hydrogens is 433 g/mol. The molecule has 8 heteroatoms. The molecule has 1 fully saturated rings. The summed E-state index contributed by atoms with van der Waals surface area (Å²) in [4.78, 5) is 14.4. The molecule has 2 unspecified atom stereocenters. The Bertz CT molecular complexity index is 1030. The number of hydrogen-bond donors (Lipinski definition) is 0. The molecule has 0 spiro atoms. The van der Waals surface area contributed by atoms with Gasteiger partial charge in [0.15, 0.2) is 5.82 Å². The van der Waals surface area contributed by atoms with Crippen molar-refractivity contribution in [2.45, 2.75) is 44.2 Å². The molecule has 0 amide bonds. The number of benzene rings is 2. The van der Waals surface area contributed by atoms with E-state index in [1.165, 1.54) is 29.2 Å². The van der Waals surface area contributed by atoms with Crippen LogP contribution in [0.25, 0.3) is 0 Å². The minimum Gasteiger partial charge on any atom is -0.458 e. The molecule has 0 radical (unpaired) electrons. The van der Waals surface area contributed by atoms with Crippen LogP contribution in [0.2, 0.25) is 10.0 Å². The number of nitrogens with zero attached hydrogens (tertiary/aromatic N) is 2. The second kappa shape index (κ2) is 8.05. The van der Waals surface area contributed by atoms with Crippen molar-refractivity contribution in [3.8, 4) is 6.07 Å². The van der Waals surface area contributed by atoms with Gasteiger partial charge in [-0.15, -0.1) is 0 Å². The van der Waals surface area contributed by atoms with Gasteiger partial charge < -0.3 is 9.64 Å². The highest BCUT2D eigenvalue weighted by Gasteiger charge is 2.51. The second-order valence-corrected chi connectivity index (χ2v) is 9.12. The fourth-order valence-corrected chi connectivity index (χ4v) is 4.00. The summed E-state index contributed by atoms with van der Waals surface area (Å²) >= 11 is 11.8. The molecule has 2 aromatic carbocycles. The standard InChI is InChI=1S/C22H20Cl2F2N2O2/c1-21(2,3)30-20(29)18-10-22(11-27,14-8-7-13(23)9-16(14)25)12-28(18)17-6-4-5-15(24)19(17)26/h4-9,18H,10,12H2,1-3H3. The third-order valence-electron chi connectivity index (χ3n) is 4.94. The molecule has 1 heterocycles. The second-order valence-electron chi connectivity index (χ2n) is 8.27. The van der Waals surface area contributed by atoms with Crippen LogP contribution in [0, 0.1) is 23.0 Å². The number of rotatable bonds is 3. The molecule has 30 heavy (non-hydrogen) atoms. The number of ether oxygens (including phenoxy) is 1. The van der Waals surface area contributed by atoms with E-state index >= 15 is 0 Å². The summed E-state index contributed by atoms with van der Waals surface area (Å²) in [5.41, 5.74) is -2.07. The van der Waals surface area contributed by atoms with Gasteiger partial charge in [0.05, 0.1) is 16.8 Å². The van der Waals surface area contributed by atoms with E-state index in [2.05, 4.69) is 6.07 Å². The normalized spacial score (nSPS) is 21.4. The Balaban J connectivity index is 2.12. The van der Waals surface area contributed by atoms with E-state index in [4.69, 9.17) is 27.9 Å². The first kappa shape index (κ1) is 22.3. The van der Waals surface area contributed by atoms with Gasteiger partial charge >= 0.3 is 5.97 Å². The van der Waals surface area contributed by atoms with Gasteiger partial charge in [-0.3, -0.25) is 0 Å². The third-order valence-corrected chi connectivity index (χ3v) is 5.47. The van der Waals surface area contributed by atoms with E-state index in [-0.39, 0.29) is 34.3 Å². The summed E-state index contributed by atoms with van der Waals surface area (Å²) in [7, 11) is 0. The van der Waals surface area contributed by atoms with Crippen LogP contribution in [0.4, 0.5) is 14.5 Å². The third kappa shape index (κ3) is 4.23. The lowest BCUT2D eigenvalue weighted by Crippen LogP contribution is -2.41. The number of halogens is 4. The SMILES string of the molecule is CC(C)(C)OC(=O)C1CC(C#N)(c2ccc(Cl)cc2F)CN1c1cccc(Cl)c1F. The van der Waals surface area contributed by atoms with Crippen LogP contribution < -0.4 is 4.90 Å². The Hall–Kier alpha value is -2.36. The molecule has 0 aromatic heterocycles. The van der Waals surface area contributed by atoms with Crippen molar-refractivity contribution < 1.29 is 18.3 Å². The van der Waals surface area contributed by atoms with Gasteiger partial charge in [0.2, 0.25) is 0 Å². The molecule has 0 bridgehead atoms. The van der Waals surface area contributed by atoms with Crippen LogP contribution in [0.3, 0.4) is 0 Å². The maximum atomic E-state index is 14.8. The van der Waals surface area contributed by atoms with E-state index in [9.17, 15) is 18.8 Å². The van der Waals surface area contributed by atoms with E-state index in [1.807, 2.05) is 0 Å². The largest absolute Gasteiger partial charge is 0.458 e. The fraction of sp³-hybridized carbons (Fsp3) is 0.364. The molecule has 3 rings (SSSR count). The molecule has 0 N–H and O–H groups in total. The lowest BCUT2D eigenvalue weighted by Gasteiger charge is -2.29. The van der Waals surface area contributed by atoms with Gasteiger partial charge in [0.25, 0.3) is 0 Å². The summed E-state index contributed by atoms with van der Waals surface area (Å²) < 4.78 is 35.1. The fourth-order valence-electron chi connectivity index (χ4n) is 3.67. The zero-order valence-electron chi connectivity index (χ0n) is 16.7. The molecule has 1 aliphatic heterocycles. The van der Waals surface area contributed by atoms with Gasteiger partial charge in [-0.25, -0.2) is 13.6 Å². The lowest BCUT2D eigenvalue weighted by molar-refractivity contribution is -0.156. The van der Waals surface area contributed by atoms with E-state index in [0.717, 1.165) is 6.07 Å². The first-order chi connectivity index (χ1) is 14.0. The van der Waals surface area contributed by atoms with Crippen molar-refractivity contribution in [1.82, 2.24) is 0 Å². The van der Waals surface area contributed by atoms with E-state index < -0.39 is 34.7 Å². The van der Waals surface area contributed by atoms with Crippen molar-refractivity contribution in [1.29, 1.82) is 5.26 Å². The summed E-state index contributed by atoms with van der Waals surface area (Å²) in [5, 5.41) is 10.1. The summed E-state index contributed by atoms with van der Waals surface area (Å²) in [6, 6.07) is 9.54. The highest BCUT2D eigenvalue weighted by molar-refractivity contribution is 6.31. The van der Waals surface area contributed by atoms with Crippen LogP contribution in [0.5, 0.6) is 0 Å². The van der Waals surface area contributed by atoms with Crippen LogP contribution in [0.15, 0.2) is 36.4 Å². The molecule has 2 aromatic rings. The van der Waals surface area contributed by atoms with Crippen LogP contribution in [-0.2, 0) is 14.9 Å². The predicted octanol–water partition coefficient (Wildman–Crippen LogP) is 5.65. The van der Waals surface area contributed by atoms with Gasteiger partial charge in [-0.05, 0) is 45.0 Å². The molecule has 4 nitrogen and oxygen atoms in total. The molecule has 1 aliphatic rings. The maximum Gasteiger partial charge on any atom is 0.329 e. The lowest BCUT2D eigenvalue weighted by atomic mass is 9.79. The van der Waals surface area contributed by atoms with Gasteiger partial charge in [0.1, 0.15) is 22.9 Å². The van der Waals surface area contributed by atoms with E-state index in [1.54, 1.807) is 26.8 Å². The first-order valence-corrected chi connectivity index (χ1v) is 10.0. The molecular formula is C22H20Cl2F2N2O2. The van der Waals surface area contributed by atoms with Crippen LogP contribution >= 0.6 is 23.2 Å². The summed E-state index contributed by atoms with van der Waals surface area (Å²) in [6.07, 6.45) is -0.0804. The molecule has 1 saturated heterocycles. The zero-order chi connectivity index (χ0) is 22.3. The first-order valence-electron chi connectivity index (χ1n) is 9.28. The maximum absolute atomic E-state index is 14.8. The predicted molar refractivity (Wildman–Crippen MR) is 112 cm³/mol. The van der Waals surface area contributed by atoms with E-state index in [0.29, 0.717) is 0 Å². The van der Waals surface area contributed by atoms with Crippen molar-refractivity contribution >= 4 is 34.9 Å². The Labute approximate surface area is 183 Å².